The first-order valence-corrected chi connectivity index (χ1v) is 16.5. The number of anilines is 1. The summed E-state index contributed by atoms with van der Waals surface area (Å²) in [4.78, 5) is 29.6. The van der Waals surface area contributed by atoms with Crippen molar-refractivity contribution in [2.75, 3.05) is 10.8 Å². The van der Waals surface area contributed by atoms with Crippen molar-refractivity contribution in [1.29, 1.82) is 0 Å². The van der Waals surface area contributed by atoms with E-state index in [1.807, 2.05) is 57.2 Å². The fraction of sp³-hybridized carbons (Fsp3) is 0.412. The lowest BCUT2D eigenvalue weighted by atomic mass is 9.95. The van der Waals surface area contributed by atoms with Gasteiger partial charge in [-0.25, -0.2) is 8.42 Å². The first-order valence-electron chi connectivity index (χ1n) is 15.0. The molecule has 3 aromatic rings. The van der Waals surface area contributed by atoms with Gasteiger partial charge in [-0.15, -0.1) is 0 Å². The van der Waals surface area contributed by atoms with Gasteiger partial charge in [0.2, 0.25) is 11.8 Å². The largest absolute Gasteiger partial charge is 0.352 e. The molecule has 1 N–H and O–H groups in total. The minimum absolute atomic E-state index is 0.100. The molecule has 42 heavy (non-hydrogen) atoms. The van der Waals surface area contributed by atoms with Gasteiger partial charge in [0.15, 0.2) is 0 Å². The predicted molar refractivity (Wildman–Crippen MR) is 168 cm³/mol. The first-order chi connectivity index (χ1) is 20.2. The van der Waals surface area contributed by atoms with Crippen molar-refractivity contribution in [3.8, 4) is 0 Å². The highest BCUT2D eigenvalue weighted by atomic mass is 32.2. The van der Waals surface area contributed by atoms with Crippen molar-refractivity contribution in [2.24, 2.45) is 0 Å². The molecular weight excluding hydrogens is 546 g/mol. The third-order valence-corrected chi connectivity index (χ3v) is 9.80. The Morgan fingerprint density at radius 1 is 0.881 bits per heavy atom. The highest BCUT2D eigenvalue weighted by Gasteiger charge is 2.34. The van der Waals surface area contributed by atoms with Gasteiger partial charge in [-0.05, 0) is 68.0 Å². The molecule has 2 amide bonds. The molecule has 3 aromatic carbocycles. The highest BCUT2D eigenvalue weighted by molar-refractivity contribution is 7.92. The van der Waals surface area contributed by atoms with Gasteiger partial charge in [-0.1, -0.05) is 93.3 Å². The predicted octanol–water partition coefficient (Wildman–Crippen LogP) is 6.01. The van der Waals surface area contributed by atoms with Crippen LogP contribution in [0.5, 0.6) is 0 Å². The summed E-state index contributed by atoms with van der Waals surface area (Å²) in [5.74, 6) is -0.614. The molecule has 1 aliphatic rings. The van der Waals surface area contributed by atoms with E-state index in [4.69, 9.17) is 0 Å². The molecule has 0 aromatic heterocycles. The molecule has 0 heterocycles. The Bertz CT molecular complexity index is 1440. The Morgan fingerprint density at radius 2 is 1.57 bits per heavy atom. The van der Waals surface area contributed by atoms with Gasteiger partial charge in [-0.2, -0.15) is 0 Å². The second kappa shape index (κ2) is 14.5. The summed E-state index contributed by atoms with van der Waals surface area (Å²) in [6.45, 7) is 5.68. The van der Waals surface area contributed by atoms with Crippen molar-refractivity contribution in [3.05, 3.63) is 95.6 Å². The maximum Gasteiger partial charge on any atom is 0.264 e. The van der Waals surface area contributed by atoms with Gasteiger partial charge in [0.25, 0.3) is 10.0 Å². The maximum absolute atomic E-state index is 14.3. The molecule has 7 nitrogen and oxygen atoms in total. The molecule has 0 bridgehead atoms. The Hall–Kier alpha value is -3.65. The van der Waals surface area contributed by atoms with E-state index >= 15 is 0 Å². The molecule has 1 aliphatic carbocycles. The average Bonchev–Trinajstić information content (AvgIpc) is 3.00. The lowest BCUT2D eigenvalue weighted by molar-refractivity contribution is -0.140. The number of hydrogen-bond donors (Lipinski definition) is 1. The minimum Gasteiger partial charge on any atom is -0.352 e. The summed E-state index contributed by atoms with van der Waals surface area (Å²) >= 11 is 0. The van der Waals surface area contributed by atoms with Crippen LogP contribution in [0.4, 0.5) is 5.69 Å². The monoisotopic (exact) mass is 589 g/mol. The van der Waals surface area contributed by atoms with Gasteiger partial charge < -0.3 is 10.2 Å². The van der Waals surface area contributed by atoms with E-state index in [1.54, 1.807) is 35.2 Å². The van der Waals surface area contributed by atoms with Crippen LogP contribution in [0.15, 0.2) is 83.8 Å². The van der Waals surface area contributed by atoms with Crippen molar-refractivity contribution in [3.63, 3.8) is 0 Å². The van der Waals surface area contributed by atoms with E-state index in [-0.39, 0.29) is 23.4 Å². The molecule has 0 saturated heterocycles. The summed E-state index contributed by atoms with van der Waals surface area (Å²) in [5.41, 5.74) is 3.40. The number of nitrogens with one attached hydrogen (secondary N) is 1. The highest BCUT2D eigenvalue weighted by Crippen LogP contribution is 2.26. The zero-order chi connectivity index (χ0) is 30.1. The SMILES string of the molecule is CCc1ccc(N(CC(=O)N(Cc2cccc(C)c2)C(CC)C(=O)NC2CCCCC2)S(=O)(=O)c2ccccc2)cc1. The Morgan fingerprint density at radius 3 is 2.19 bits per heavy atom. The molecule has 1 saturated carbocycles. The fourth-order valence-electron chi connectivity index (χ4n) is 5.62. The van der Waals surface area contributed by atoms with Crippen LogP contribution in [0.3, 0.4) is 0 Å². The van der Waals surface area contributed by atoms with E-state index < -0.39 is 28.5 Å². The summed E-state index contributed by atoms with van der Waals surface area (Å²) in [6, 6.07) is 22.6. The lowest BCUT2D eigenvalue weighted by Crippen LogP contribution is -2.54. The Labute approximate surface area is 251 Å². The van der Waals surface area contributed by atoms with Crippen LogP contribution in [-0.2, 0) is 32.6 Å². The van der Waals surface area contributed by atoms with E-state index in [1.165, 1.54) is 22.9 Å². The summed E-state index contributed by atoms with van der Waals surface area (Å²) in [6.07, 6.45) is 6.42. The number of nitrogens with zero attached hydrogens (tertiary/aromatic N) is 2. The van der Waals surface area contributed by atoms with Gasteiger partial charge in [-0.3, -0.25) is 13.9 Å². The zero-order valence-corrected chi connectivity index (χ0v) is 25.8. The van der Waals surface area contributed by atoms with E-state index in [0.29, 0.717) is 12.1 Å². The Kier molecular flexibility index (Phi) is 10.8. The number of carbonyl (C=O) groups excluding carboxylic acids is 2. The number of amides is 2. The first kappa shape index (κ1) is 31.3. The van der Waals surface area contributed by atoms with E-state index in [0.717, 1.165) is 48.8 Å². The molecule has 4 rings (SSSR count). The quantitative estimate of drug-likeness (QED) is 0.280. The molecule has 1 fully saturated rings. The topological polar surface area (TPSA) is 86.8 Å². The molecule has 0 aliphatic heterocycles. The molecule has 1 atom stereocenters. The van der Waals surface area contributed by atoms with Crippen molar-refractivity contribution < 1.29 is 18.0 Å². The maximum atomic E-state index is 14.3. The van der Waals surface area contributed by atoms with Crippen molar-refractivity contribution in [2.45, 2.75) is 89.2 Å². The second-order valence-electron chi connectivity index (χ2n) is 11.1. The van der Waals surface area contributed by atoms with Gasteiger partial charge in [0, 0.05) is 12.6 Å². The van der Waals surface area contributed by atoms with Crippen molar-refractivity contribution >= 4 is 27.5 Å². The van der Waals surface area contributed by atoms with Crippen LogP contribution in [0.2, 0.25) is 0 Å². The van der Waals surface area contributed by atoms with Gasteiger partial charge >= 0.3 is 0 Å². The van der Waals surface area contributed by atoms with Crippen LogP contribution in [0, 0.1) is 6.92 Å². The molecule has 1 unspecified atom stereocenters. The standard InChI is InChI=1S/C34H43N3O4S/c1-4-27-19-21-30(22-20-27)37(42(40,41)31-17-10-7-11-18-31)25-33(38)36(24-28-14-12-13-26(3)23-28)32(5-2)34(39)35-29-15-8-6-9-16-29/h7,10-14,17-23,29,32H,4-6,8-9,15-16,24-25H2,1-3H3,(H,35,39). The molecule has 0 radical (unpaired) electrons. The van der Waals surface area contributed by atoms with Crippen LogP contribution in [0.1, 0.15) is 69.1 Å². The fourth-order valence-corrected chi connectivity index (χ4v) is 7.05. The van der Waals surface area contributed by atoms with Gasteiger partial charge in [0.1, 0.15) is 12.6 Å². The van der Waals surface area contributed by atoms with E-state index in [9.17, 15) is 18.0 Å². The zero-order valence-electron chi connectivity index (χ0n) is 25.0. The number of carbonyl (C=O) groups is 2. The van der Waals surface area contributed by atoms with Crippen LogP contribution in [-0.4, -0.2) is 43.8 Å². The minimum atomic E-state index is -4.07. The van der Waals surface area contributed by atoms with Gasteiger partial charge in [0.05, 0.1) is 10.6 Å². The summed E-state index contributed by atoms with van der Waals surface area (Å²) in [7, 11) is -4.07. The van der Waals surface area contributed by atoms with E-state index in [2.05, 4.69) is 5.32 Å². The smallest absolute Gasteiger partial charge is 0.264 e. The molecule has 0 spiro atoms. The number of rotatable bonds is 12. The number of benzene rings is 3. The lowest BCUT2D eigenvalue weighted by Gasteiger charge is -2.34. The molecule has 224 valence electrons. The summed E-state index contributed by atoms with van der Waals surface area (Å²) in [5, 5.41) is 3.19. The summed E-state index contributed by atoms with van der Waals surface area (Å²) < 4.78 is 29.1. The normalized spacial score (nSPS) is 14.6. The third-order valence-electron chi connectivity index (χ3n) is 8.02. The van der Waals surface area contributed by atoms with Crippen LogP contribution >= 0.6 is 0 Å². The number of aryl methyl sites for hydroxylation is 2. The number of hydrogen-bond acceptors (Lipinski definition) is 4. The van der Waals surface area contributed by atoms with Crippen LogP contribution < -0.4 is 9.62 Å². The molecular formula is C34H43N3O4S. The second-order valence-corrected chi connectivity index (χ2v) is 13.0. The Balaban J connectivity index is 1.70. The average molecular weight is 590 g/mol. The number of sulfonamides is 1. The van der Waals surface area contributed by atoms with Crippen LogP contribution in [0.25, 0.3) is 0 Å². The third kappa shape index (κ3) is 7.79. The van der Waals surface area contributed by atoms with Crippen molar-refractivity contribution in [1.82, 2.24) is 10.2 Å². The molecule has 8 heteroatoms.